The van der Waals surface area contributed by atoms with E-state index in [1.54, 1.807) is 0 Å². The summed E-state index contributed by atoms with van der Waals surface area (Å²) in [4.78, 5) is 11.9. The first-order valence-corrected chi connectivity index (χ1v) is 5.97. The second-order valence-electron chi connectivity index (χ2n) is 4.15. The van der Waals surface area contributed by atoms with Crippen LogP contribution >= 0.6 is 0 Å². The van der Waals surface area contributed by atoms with Crippen molar-refractivity contribution in [2.24, 2.45) is 0 Å². The summed E-state index contributed by atoms with van der Waals surface area (Å²) in [6.45, 7) is 6.06. The maximum Gasteiger partial charge on any atom is 0.156 e. The fraction of sp³-hybridized carbons (Fsp3) is 0.385. The predicted octanol–water partition coefficient (Wildman–Crippen LogP) is 2.28. The van der Waals surface area contributed by atoms with E-state index in [0.29, 0.717) is 0 Å². The third-order valence-electron chi connectivity index (χ3n) is 2.53. The van der Waals surface area contributed by atoms with E-state index in [1.807, 2.05) is 24.5 Å². The molecule has 2 aromatic rings. The summed E-state index contributed by atoms with van der Waals surface area (Å²) in [5, 5.41) is 3.34. The van der Waals surface area contributed by atoms with Gasteiger partial charge in [0.1, 0.15) is 5.69 Å². The Kier molecular flexibility index (Phi) is 3.88. The van der Waals surface area contributed by atoms with Crippen LogP contribution in [0.15, 0.2) is 24.5 Å². The first-order valence-electron chi connectivity index (χ1n) is 5.97. The van der Waals surface area contributed by atoms with Crippen LogP contribution in [0, 0.1) is 6.92 Å². The monoisotopic (exact) mass is 230 g/mol. The Morgan fingerprint density at radius 2 is 2.24 bits per heavy atom. The maximum atomic E-state index is 4.35. The zero-order chi connectivity index (χ0) is 12.1. The number of nitrogens with zero attached hydrogens (tertiary/aromatic N) is 2. The standard InChI is InChI=1S/C13H18N4/c1-3-5-14-8-11-9-16-13(17-11)12-7-10(2)4-6-15-12/h4,6-7,9,14H,3,5,8H2,1-2H3,(H,16,17). The van der Waals surface area contributed by atoms with Gasteiger partial charge in [-0.15, -0.1) is 0 Å². The van der Waals surface area contributed by atoms with Crippen molar-refractivity contribution < 1.29 is 0 Å². The Bertz CT molecular complexity index is 476. The Hall–Kier alpha value is -1.68. The normalized spacial score (nSPS) is 10.7. The van der Waals surface area contributed by atoms with Crippen molar-refractivity contribution in [3.8, 4) is 11.5 Å². The number of aryl methyl sites for hydroxylation is 1. The van der Waals surface area contributed by atoms with Gasteiger partial charge in [0.25, 0.3) is 0 Å². The molecule has 0 aliphatic carbocycles. The molecule has 0 aromatic carbocycles. The molecule has 0 aliphatic heterocycles. The van der Waals surface area contributed by atoms with Crippen LogP contribution in [0.5, 0.6) is 0 Å². The van der Waals surface area contributed by atoms with Gasteiger partial charge in [-0.05, 0) is 37.6 Å². The molecular formula is C13H18N4. The van der Waals surface area contributed by atoms with Gasteiger partial charge >= 0.3 is 0 Å². The number of rotatable bonds is 5. The van der Waals surface area contributed by atoms with Crippen LogP contribution < -0.4 is 5.32 Å². The predicted molar refractivity (Wildman–Crippen MR) is 68.6 cm³/mol. The van der Waals surface area contributed by atoms with Crippen LogP contribution in [0.3, 0.4) is 0 Å². The van der Waals surface area contributed by atoms with E-state index >= 15 is 0 Å². The topological polar surface area (TPSA) is 53.6 Å². The lowest BCUT2D eigenvalue weighted by Crippen LogP contribution is -2.13. The summed E-state index contributed by atoms with van der Waals surface area (Å²) in [6.07, 6.45) is 4.81. The molecule has 4 heteroatoms. The lowest BCUT2D eigenvalue weighted by molar-refractivity contribution is 0.666. The first-order chi connectivity index (χ1) is 8.29. The van der Waals surface area contributed by atoms with E-state index in [1.165, 1.54) is 5.56 Å². The third-order valence-corrected chi connectivity index (χ3v) is 2.53. The molecule has 0 unspecified atom stereocenters. The number of aromatic nitrogens is 3. The van der Waals surface area contributed by atoms with Crippen molar-refractivity contribution in [3.63, 3.8) is 0 Å². The van der Waals surface area contributed by atoms with Gasteiger partial charge in [0.05, 0.1) is 6.20 Å². The van der Waals surface area contributed by atoms with Gasteiger partial charge in [0, 0.05) is 18.4 Å². The van der Waals surface area contributed by atoms with E-state index in [9.17, 15) is 0 Å². The number of nitrogens with one attached hydrogen (secondary N) is 2. The van der Waals surface area contributed by atoms with Gasteiger partial charge in [-0.2, -0.15) is 0 Å². The lowest BCUT2D eigenvalue weighted by Gasteiger charge is -2.00. The van der Waals surface area contributed by atoms with Crippen LogP contribution in [-0.2, 0) is 6.54 Å². The highest BCUT2D eigenvalue weighted by Gasteiger charge is 2.04. The summed E-state index contributed by atoms with van der Waals surface area (Å²) in [6, 6.07) is 4.01. The molecule has 0 saturated carbocycles. The van der Waals surface area contributed by atoms with Gasteiger partial charge in [-0.1, -0.05) is 6.92 Å². The van der Waals surface area contributed by atoms with E-state index in [-0.39, 0.29) is 0 Å². The molecule has 17 heavy (non-hydrogen) atoms. The summed E-state index contributed by atoms with van der Waals surface area (Å²) < 4.78 is 0. The first kappa shape index (κ1) is 11.8. The summed E-state index contributed by atoms with van der Waals surface area (Å²) in [7, 11) is 0. The molecule has 0 atom stereocenters. The quantitative estimate of drug-likeness (QED) is 0.775. The largest absolute Gasteiger partial charge is 0.339 e. The second-order valence-corrected chi connectivity index (χ2v) is 4.15. The molecule has 0 fully saturated rings. The number of hydrogen-bond donors (Lipinski definition) is 2. The SMILES string of the molecule is CCCNCc1cnc(-c2cc(C)ccn2)[nH]1. The Morgan fingerprint density at radius 1 is 1.35 bits per heavy atom. The molecule has 2 N–H and O–H groups in total. The fourth-order valence-corrected chi connectivity index (χ4v) is 1.64. The summed E-state index contributed by atoms with van der Waals surface area (Å²) in [5.41, 5.74) is 3.18. The van der Waals surface area contributed by atoms with Gasteiger partial charge in [-0.25, -0.2) is 4.98 Å². The Morgan fingerprint density at radius 3 is 3.00 bits per heavy atom. The summed E-state index contributed by atoms with van der Waals surface area (Å²) in [5.74, 6) is 0.835. The van der Waals surface area contributed by atoms with Crippen LogP contribution in [0.4, 0.5) is 0 Å². The fourth-order valence-electron chi connectivity index (χ4n) is 1.64. The number of imidazole rings is 1. The van der Waals surface area contributed by atoms with E-state index in [0.717, 1.165) is 36.7 Å². The number of H-pyrrole nitrogens is 1. The molecule has 0 amide bonds. The van der Waals surface area contributed by atoms with Gasteiger partial charge in [0.15, 0.2) is 5.82 Å². The second kappa shape index (κ2) is 5.59. The Balaban J connectivity index is 2.07. The van der Waals surface area contributed by atoms with Crippen LogP contribution in [0.2, 0.25) is 0 Å². The number of pyridine rings is 1. The van der Waals surface area contributed by atoms with E-state index < -0.39 is 0 Å². The Labute approximate surface area is 102 Å². The molecule has 90 valence electrons. The van der Waals surface area contributed by atoms with Crippen molar-refractivity contribution in [2.45, 2.75) is 26.8 Å². The highest BCUT2D eigenvalue weighted by atomic mass is 15.0. The van der Waals surface area contributed by atoms with Crippen LogP contribution in [0.1, 0.15) is 24.6 Å². The van der Waals surface area contributed by atoms with Gasteiger partial charge < -0.3 is 10.3 Å². The molecule has 2 rings (SSSR count). The third kappa shape index (κ3) is 3.14. The highest BCUT2D eigenvalue weighted by Crippen LogP contribution is 2.13. The molecule has 4 nitrogen and oxygen atoms in total. The average molecular weight is 230 g/mol. The zero-order valence-electron chi connectivity index (χ0n) is 10.3. The molecule has 0 aliphatic rings. The molecule has 2 aromatic heterocycles. The van der Waals surface area contributed by atoms with Crippen molar-refractivity contribution in [1.29, 1.82) is 0 Å². The van der Waals surface area contributed by atoms with Crippen molar-refractivity contribution >= 4 is 0 Å². The average Bonchev–Trinajstić information content (AvgIpc) is 2.78. The smallest absolute Gasteiger partial charge is 0.156 e. The van der Waals surface area contributed by atoms with E-state index in [2.05, 4.69) is 34.1 Å². The zero-order valence-corrected chi connectivity index (χ0v) is 10.3. The highest BCUT2D eigenvalue weighted by molar-refractivity contribution is 5.50. The summed E-state index contributed by atoms with van der Waals surface area (Å²) >= 11 is 0. The molecule has 2 heterocycles. The van der Waals surface area contributed by atoms with Crippen molar-refractivity contribution in [2.75, 3.05) is 6.54 Å². The van der Waals surface area contributed by atoms with Gasteiger partial charge in [0.2, 0.25) is 0 Å². The molecule has 0 radical (unpaired) electrons. The van der Waals surface area contributed by atoms with Crippen molar-refractivity contribution in [3.05, 3.63) is 35.8 Å². The number of hydrogen-bond acceptors (Lipinski definition) is 3. The minimum atomic E-state index is 0.826. The number of aromatic amines is 1. The van der Waals surface area contributed by atoms with E-state index in [4.69, 9.17) is 0 Å². The minimum absolute atomic E-state index is 0.826. The minimum Gasteiger partial charge on any atom is -0.339 e. The molecule has 0 saturated heterocycles. The van der Waals surface area contributed by atoms with Crippen LogP contribution in [0.25, 0.3) is 11.5 Å². The molecule has 0 spiro atoms. The lowest BCUT2D eigenvalue weighted by atomic mass is 10.2. The van der Waals surface area contributed by atoms with Crippen LogP contribution in [-0.4, -0.2) is 21.5 Å². The molecule has 0 bridgehead atoms. The van der Waals surface area contributed by atoms with Crippen molar-refractivity contribution in [1.82, 2.24) is 20.3 Å². The maximum absolute atomic E-state index is 4.35. The molecular weight excluding hydrogens is 212 g/mol. The van der Waals surface area contributed by atoms with Gasteiger partial charge in [-0.3, -0.25) is 4.98 Å².